The molecular weight excluding hydrogens is 1580 g/mol. The maximum atomic E-state index is 13.3. The second kappa shape index (κ2) is 38.6. The minimum Gasteiger partial charge on any atom is -0.485 e. The van der Waals surface area contributed by atoms with Crippen LogP contribution in [0.5, 0.6) is 11.5 Å². The van der Waals surface area contributed by atoms with Crippen molar-refractivity contribution in [3.05, 3.63) is 206 Å². The number of carboxylic acids is 1. The predicted molar refractivity (Wildman–Crippen MR) is 435 cm³/mol. The van der Waals surface area contributed by atoms with E-state index in [1.165, 1.54) is 53.0 Å². The third-order valence-electron chi connectivity index (χ3n) is 20.0. The van der Waals surface area contributed by atoms with Crippen molar-refractivity contribution in [2.75, 3.05) is 19.8 Å². The first-order chi connectivity index (χ1) is 55.3. The van der Waals surface area contributed by atoms with Crippen molar-refractivity contribution in [2.24, 2.45) is 9.98 Å². The average Bonchev–Trinajstić information content (AvgIpc) is 1.61. The fraction of sp³-hybridized carbons (Fsp3) is 0.373. The molecule has 4 aromatic heterocycles. The minimum absolute atomic E-state index is 0. The SMILES string of the molecule is C.C.CCCCCCC(=O)COc1cccc2c1C(=O)N(C1CCC(=O)NC1=O)C2=O.[C-]#[N+]Cc1sc2c(c1C)C(c1ccc(Cl)cc1)=N[C@@H](CC(=O)NCCCCCC(=O)COc1cccc3c1C(=O)N(C1CCC(=O)NC1=O)C3=O)c1nnc(C)n1-2.[C-]#[N+]Cc1sc2c(c1C)C(c1ccc(Cl)cc1)=N[C@@H](CC(=O)O)c1nnc(C)n1-2. The fourth-order valence-electron chi connectivity index (χ4n) is 14.3. The molecule has 10 heterocycles. The van der Waals surface area contributed by atoms with Crippen molar-refractivity contribution in [1.29, 1.82) is 0 Å². The zero-order chi connectivity index (χ0) is 82.1. The van der Waals surface area contributed by atoms with Gasteiger partial charge in [-0.1, -0.05) is 107 Å². The first kappa shape index (κ1) is 87.3. The van der Waals surface area contributed by atoms with Crippen molar-refractivity contribution in [3.8, 4) is 21.5 Å². The van der Waals surface area contributed by atoms with Crippen LogP contribution in [0.3, 0.4) is 0 Å². The van der Waals surface area contributed by atoms with Crippen LogP contribution >= 0.6 is 45.9 Å². The number of aliphatic imine (C=N–C) groups is 2. The zero-order valence-electron chi connectivity index (χ0n) is 63.1. The van der Waals surface area contributed by atoms with Crippen LogP contribution in [-0.4, -0.2) is 158 Å². The second-order valence-corrected chi connectivity index (χ2v) is 30.9. The van der Waals surface area contributed by atoms with E-state index in [9.17, 15) is 62.6 Å². The lowest BCUT2D eigenvalue weighted by atomic mass is 9.99. The standard InChI is InChI=1S/C40H37ClN8O7S.C21H24N2O6.C20H16ClN5O2S.2CH4/c1-21-30(19-42-3)57-40-33(21)35(23-11-13-24(41)14-12-23)44-27(36-47-46-22(2)48(36)40)18-32(52)43-17-6-4-5-8-25(50)20-56-29-10-7-9-26-34(29)39(55)49(38(26)54)28-15-16-31(51)45-37(28)53;1-2-3-4-5-7-13(24)12-29-16-9-6-8-14-18(16)21(28)23(20(14)27)15-10-11-17(25)22-19(15)26;1-10-15(9-22-3)29-20-17(10)18(12-4-6-13(21)7-5-12)23-14(8-16(27)28)19-25-24-11(2)26(19)20;;/h7,9-14,27-28H,4-6,8,15-20H2,1-2H3,(H,43,52)(H,45,51,53);6,8-9,15H,2-5,7,10-12H2,1H3,(H,22,25,26);4-7,14H,8-9H2,1-2H3,(H,27,28);2*1H4/t27-,28?;;14-;;/m0.0../s1. The highest BCUT2D eigenvalue weighted by atomic mass is 35.5. The number of thiophene rings is 2. The molecule has 0 aliphatic carbocycles. The number of piperidine rings is 2. The summed E-state index contributed by atoms with van der Waals surface area (Å²) in [6.07, 6.45) is 6.38. The van der Waals surface area contributed by atoms with Gasteiger partial charge in [0, 0.05) is 64.5 Å². The molecule has 0 radical (unpaired) electrons. The van der Waals surface area contributed by atoms with Gasteiger partial charge in [0.2, 0.25) is 42.6 Å². The summed E-state index contributed by atoms with van der Waals surface area (Å²) < 4.78 is 15.1. The second-order valence-electron chi connectivity index (χ2n) is 27.9. The average molecular weight is 1670 g/mol. The highest BCUT2D eigenvalue weighted by molar-refractivity contribution is 7.15. The molecule has 0 saturated carbocycles. The quantitative estimate of drug-likeness (QED) is 0.0211. The van der Waals surface area contributed by atoms with Gasteiger partial charge in [-0.15, -0.1) is 43.1 Å². The summed E-state index contributed by atoms with van der Waals surface area (Å²) in [5, 5.41) is 36.8. The van der Waals surface area contributed by atoms with E-state index in [0.29, 0.717) is 77.0 Å². The Hall–Kier alpha value is -12.1. The number of fused-ring (bicyclic) bond motifs is 8. The van der Waals surface area contributed by atoms with Crippen LogP contribution in [0.25, 0.3) is 19.7 Å². The van der Waals surface area contributed by atoms with Crippen molar-refractivity contribution in [1.82, 2.24) is 55.3 Å². The molecule has 0 spiro atoms. The van der Waals surface area contributed by atoms with E-state index >= 15 is 0 Å². The summed E-state index contributed by atoms with van der Waals surface area (Å²) in [6, 6.07) is 20.3. The van der Waals surface area contributed by atoms with Gasteiger partial charge in [-0.05, 0) is 119 Å². The number of Topliss-reactive ketones (excluding diaryl/α,β-unsaturated/α-hetero) is 2. The van der Waals surface area contributed by atoms with E-state index < -0.39 is 77.4 Å². The Labute approximate surface area is 692 Å². The number of rotatable bonds is 27. The number of aryl methyl sites for hydroxylation is 2. The van der Waals surface area contributed by atoms with Crippen molar-refractivity contribution < 1.29 is 72.1 Å². The lowest BCUT2D eigenvalue weighted by Gasteiger charge is -2.27. The van der Waals surface area contributed by atoms with Gasteiger partial charge in [-0.3, -0.25) is 97.1 Å². The maximum Gasteiger partial charge on any atom is 0.306 e. The third-order valence-corrected chi connectivity index (χ3v) is 23.1. The predicted octanol–water partition coefficient (Wildman–Crippen LogP) is 12.7. The van der Waals surface area contributed by atoms with Gasteiger partial charge in [-0.2, -0.15) is 0 Å². The number of hydrogen-bond donors (Lipinski definition) is 4. The molecule has 4 atom stereocenters. The number of ketones is 2. The summed E-state index contributed by atoms with van der Waals surface area (Å²) in [7, 11) is 0. The smallest absolute Gasteiger partial charge is 0.306 e. The number of benzene rings is 4. The number of carbonyl (C=O) groups excluding carboxylic acids is 11. The minimum atomic E-state index is -1.11. The summed E-state index contributed by atoms with van der Waals surface area (Å²) in [6.45, 7) is 24.9. The van der Waals surface area contributed by atoms with Gasteiger partial charge >= 0.3 is 5.97 Å². The van der Waals surface area contributed by atoms with Crippen LogP contribution in [-0.2, 0) is 51.4 Å². The number of aliphatic carboxylic acids is 1. The van der Waals surface area contributed by atoms with Gasteiger partial charge in [0.25, 0.3) is 23.6 Å². The van der Waals surface area contributed by atoms with Crippen molar-refractivity contribution in [2.45, 2.75) is 183 Å². The highest BCUT2D eigenvalue weighted by Gasteiger charge is 2.48. The molecule has 2 unspecified atom stereocenters. The largest absolute Gasteiger partial charge is 0.485 e. The number of imide groups is 4. The number of nitrogens with zero attached hydrogens (tertiary/aromatic N) is 12. The van der Waals surface area contributed by atoms with Crippen LogP contribution < -0.4 is 25.4 Å². The van der Waals surface area contributed by atoms with Gasteiger partial charge in [0.15, 0.2) is 23.2 Å². The van der Waals surface area contributed by atoms with E-state index in [-0.39, 0.29) is 137 Å². The number of hydrogen-bond acceptors (Lipinski definition) is 22. The van der Waals surface area contributed by atoms with E-state index in [1.807, 2.05) is 61.1 Å². The molecule has 8 aromatic rings. The highest BCUT2D eigenvalue weighted by Crippen LogP contribution is 2.44. The van der Waals surface area contributed by atoms with Gasteiger partial charge in [0.05, 0.1) is 56.3 Å². The van der Waals surface area contributed by atoms with Crippen LogP contribution in [0.15, 0.2) is 94.9 Å². The van der Waals surface area contributed by atoms with Gasteiger partial charge in [-0.25, -0.2) is 13.1 Å². The number of carboxylic acid groups (broad SMARTS) is 1. The van der Waals surface area contributed by atoms with Crippen LogP contribution in [0, 0.1) is 40.8 Å². The molecule has 34 heteroatoms. The van der Waals surface area contributed by atoms with Gasteiger partial charge < -0.3 is 29.6 Å². The molecule has 2 fully saturated rings. The normalized spacial score (nSPS) is 16.8. The molecular formula is C83H85Cl2N15O15S2. The van der Waals surface area contributed by atoms with Gasteiger partial charge in [0.1, 0.15) is 70.5 Å². The van der Waals surface area contributed by atoms with E-state index in [2.05, 4.69) is 53.0 Å². The molecule has 2 saturated heterocycles. The lowest BCUT2D eigenvalue weighted by Crippen LogP contribution is -2.54. The Kier molecular flexibility index (Phi) is 28.8. The Balaban J connectivity index is 0.000000202. The van der Waals surface area contributed by atoms with Crippen molar-refractivity contribution in [3.63, 3.8) is 0 Å². The molecule has 9 amide bonds. The summed E-state index contributed by atoms with van der Waals surface area (Å²) in [5.74, 6) is -3.80. The van der Waals surface area contributed by atoms with E-state index in [4.69, 9.17) is 55.8 Å². The van der Waals surface area contributed by atoms with Crippen molar-refractivity contribution >= 4 is 128 Å². The van der Waals surface area contributed by atoms with E-state index in [1.54, 1.807) is 30.3 Å². The topological polar surface area (TPSA) is 381 Å². The summed E-state index contributed by atoms with van der Waals surface area (Å²) in [4.78, 5) is 170. The molecule has 14 rings (SSSR count). The lowest BCUT2D eigenvalue weighted by molar-refractivity contribution is -0.138. The molecule has 117 heavy (non-hydrogen) atoms. The number of unbranched alkanes of at least 4 members (excludes halogenated alkanes) is 5. The number of ether oxygens (including phenoxy) is 2. The molecule has 0 bridgehead atoms. The molecule has 608 valence electrons. The van der Waals surface area contributed by atoms with Crippen LogP contribution in [0.2, 0.25) is 10.0 Å². The number of halogens is 2. The van der Waals surface area contributed by atoms with Crippen LogP contribution in [0.1, 0.15) is 238 Å². The fourth-order valence-corrected chi connectivity index (χ4v) is 17.1. The Bertz CT molecular complexity index is 5440. The number of aromatic nitrogens is 6. The number of carbonyl (C=O) groups is 12. The Morgan fingerprint density at radius 3 is 1.38 bits per heavy atom. The zero-order valence-corrected chi connectivity index (χ0v) is 66.3. The Morgan fingerprint density at radius 1 is 0.556 bits per heavy atom. The van der Waals surface area contributed by atoms with E-state index in [0.717, 1.165) is 88.6 Å². The third kappa shape index (κ3) is 18.9. The monoisotopic (exact) mass is 1670 g/mol. The maximum absolute atomic E-state index is 13.3. The summed E-state index contributed by atoms with van der Waals surface area (Å²) >= 11 is 15.3. The Morgan fingerprint density at radius 2 is 0.974 bits per heavy atom. The molecule has 6 aliphatic rings. The number of amides is 9. The first-order valence-electron chi connectivity index (χ1n) is 37.2. The molecule has 30 nitrogen and oxygen atoms in total. The number of nitrogens with one attached hydrogen (secondary N) is 3. The van der Waals surface area contributed by atoms with Crippen LogP contribution in [0.4, 0.5) is 0 Å². The first-order valence-corrected chi connectivity index (χ1v) is 39.6. The summed E-state index contributed by atoms with van der Waals surface area (Å²) in [5.41, 5.74) is 6.93. The molecule has 6 aliphatic heterocycles. The molecule has 4 aromatic carbocycles. The molecule has 4 N–H and O–H groups in total.